The minimum absolute atomic E-state index is 2.32. The number of carboxylic acids is 1. The Morgan fingerprint density at radius 1 is 1.08 bits per heavy atom. The largest absolute Gasteiger partial charge is 0.476 e. The lowest BCUT2D eigenvalue weighted by Crippen LogP contribution is -2.19. The van der Waals surface area contributed by atoms with Gasteiger partial charge >= 0.3 is 23.5 Å². The molecule has 0 spiro atoms. The van der Waals surface area contributed by atoms with Gasteiger partial charge in [0.1, 0.15) is 0 Å². The van der Waals surface area contributed by atoms with E-state index in [0.717, 1.165) is 0 Å². The van der Waals surface area contributed by atoms with Crippen LogP contribution in [0.1, 0.15) is 0 Å². The molecule has 0 bridgehead atoms. The van der Waals surface area contributed by atoms with Gasteiger partial charge in [0.15, 0.2) is 0 Å². The van der Waals surface area contributed by atoms with Gasteiger partial charge < -0.3 is 5.11 Å². The quantitative estimate of drug-likeness (QED) is 0.555. The predicted molar refractivity (Wildman–Crippen MR) is 29.9 cm³/mol. The highest BCUT2D eigenvalue weighted by Crippen LogP contribution is 2.17. The molecule has 0 aliphatic carbocycles. The molecular weight excluding hydrogens is 229 g/mol. The minimum Gasteiger partial charge on any atom is -0.476 e. The van der Waals surface area contributed by atoms with Crippen LogP contribution in [-0.2, 0) is 4.79 Å². The van der Waals surface area contributed by atoms with Crippen molar-refractivity contribution in [1.29, 1.82) is 0 Å². The summed E-state index contributed by atoms with van der Waals surface area (Å²) in [4.78, 5) is 9.14. The van der Waals surface area contributed by atoms with Gasteiger partial charge in [-0.1, -0.05) is 0 Å². The average Bonchev–Trinajstić information content (AvgIpc) is 1.86. The van der Waals surface area contributed by atoms with Gasteiger partial charge in [-0.2, -0.15) is 26.3 Å². The summed E-state index contributed by atoms with van der Waals surface area (Å²) < 4.78 is 63.2. The normalized spacial score (nSPS) is 9.77. The Balaban J connectivity index is 0. The van der Waals surface area contributed by atoms with E-state index < -0.39 is 23.5 Å². The maximum absolute atomic E-state index is 11.0. The first-order valence-corrected chi connectivity index (χ1v) is 2.63. The number of hydrogen-bond acceptors (Lipinski definition) is 1. The molecule has 0 aromatic heterocycles. The van der Waals surface area contributed by atoms with Crippen molar-refractivity contribution in [1.82, 2.24) is 0 Å². The molecule has 0 unspecified atom stereocenters. The van der Waals surface area contributed by atoms with Crippen molar-refractivity contribution >= 4 is 17.6 Å². The third kappa shape index (κ3) is 11.1. The number of hydrogen-bond donors (Lipinski definition) is 1. The predicted octanol–water partition coefficient (Wildman–Crippen LogP) is 2.89. The topological polar surface area (TPSA) is 37.3 Å². The molecule has 0 aromatic rings. The van der Waals surface area contributed by atoms with Crippen molar-refractivity contribution in [3.63, 3.8) is 0 Å². The number of carbonyl (C=O) groups is 1. The standard InChI is InChI=1S/C2HClF2O2.C2F4/c3-2(4,5)1(6)7;3-1(4)2(5)6/h(H,6,7);. The third-order valence-electron chi connectivity index (χ3n) is 0.385. The summed E-state index contributed by atoms with van der Waals surface area (Å²) in [6.07, 6.45) is -5.81. The summed E-state index contributed by atoms with van der Waals surface area (Å²) in [5.74, 6) is -2.32. The maximum atomic E-state index is 11.0. The van der Waals surface area contributed by atoms with Crippen molar-refractivity contribution in [2.24, 2.45) is 0 Å². The van der Waals surface area contributed by atoms with Gasteiger partial charge in [0.2, 0.25) is 0 Å². The summed E-state index contributed by atoms with van der Waals surface area (Å²) in [5.41, 5.74) is 0. The van der Waals surface area contributed by atoms with Crippen LogP contribution in [-0.4, -0.2) is 16.5 Å². The molecule has 2 nitrogen and oxygen atoms in total. The van der Waals surface area contributed by atoms with Gasteiger partial charge in [-0.05, 0) is 11.6 Å². The van der Waals surface area contributed by atoms with E-state index in [-0.39, 0.29) is 0 Å². The number of halogens is 7. The van der Waals surface area contributed by atoms with E-state index in [0.29, 0.717) is 0 Å². The summed E-state index contributed by atoms with van der Waals surface area (Å²) in [6, 6.07) is 0. The van der Waals surface area contributed by atoms with Crippen LogP contribution >= 0.6 is 11.6 Å². The molecule has 78 valence electrons. The molecule has 0 fully saturated rings. The lowest BCUT2D eigenvalue weighted by atomic mass is 10.7. The Bertz CT molecular complexity index is 191. The maximum Gasteiger partial charge on any atom is 0.417 e. The first-order valence-electron chi connectivity index (χ1n) is 2.25. The zero-order valence-electron chi connectivity index (χ0n) is 5.50. The molecule has 0 atom stereocenters. The summed E-state index contributed by atoms with van der Waals surface area (Å²) in [7, 11) is 0. The smallest absolute Gasteiger partial charge is 0.417 e. The summed E-state index contributed by atoms with van der Waals surface area (Å²) in [6.45, 7) is 0. The molecule has 0 aliphatic heterocycles. The first kappa shape index (κ1) is 14.6. The first-order chi connectivity index (χ1) is 5.59. The average molecular weight is 230 g/mol. The van der Waals surface area contributed by atoms with E-state index in [1.165, 1.54) is 0 Å². The molecule has 0 saturated heterocycles. The Morgan fingerprint density at radius 3 is 1.23 bits per heavy atom. The van der Waals surface area contributed by atoms with E-state index >= 15 is 0 Å². The molecule has 0 rings (SSSR count). The van der Waals surface area contributed by atoms with E-state index in [1.807, 2.05) is 0 Å². The fraction of sp³-hybridized carbons (Fsp3) is 0.250. The van der Waals surface area contributed by atoms with Crippen LogP contribution in [0.3, 0.4) is 0 Å². The molecular formula is C4HClF6O2. The third-order valence-corrected chi connectivity index (χ3v) is 0.547. The Morgan fingerprint density at radius 2 is 1.23 bits per heavy atom. The number of rotatable bonds is 1. The second-order valence-corrected chi connectivity index (χ2v) is 1.80. The highest BCUT2D eigenvalue weighted by molar-refractivity contribution is 6.30. The van der Waals surface area contributed by atoms with Gasteiger partial charge in [-0.3, -0.25) is 0 Å². The molecule has 0 saturated carbocycles. The van der Waals surface area contributed by atoms with Crippen LogP contribution in [0.5, 0.6) is 0 Å². The van der Waals surface area contributed by atoms with E-state index in [4.69, 9.17) is 9.90 Å². The Hall–Kier alpha value is -0.920. The number of carboxylic acid groups (broad SMARTS) is 1. The molecule has 0 heterocycles. The van der Waals surface area contributed by atoms with Gasteiger partial charge in [0.25, 0.3) is 0 Å². The number of aliphatic carboxylic acids is 1. The summed E-state index contributed by atoms with van der Waals surface area (Å²) >= 11 is 3.94. The molecule has 13 heavy (non-hydrogen) atoms. The monoisotopic (exact) mass is 230 g/mol. The lowest BCUT2D eigenvalue weighted by Gasteiger charge is -1.95. The van der Waals surface area contributed by atoms with Crippen LogP contribution in [0, 0.1) is 0 Å². The van der Waals surface area contributed by atoms with Crippen LogP contribution < -0.4 is 0 Å². The molecule has 1 N–H and O–H groups in total. The van der Waals surface area contributed by atoms with E-state index in [9.17, 15) is 26.3 Å². The van der Waals surface area contributed by atoms with Crippen LogP contribution in [0.2, 0.25) is 0 Å². The van der Waals surface area contributed by atoms with Gasteiger partial charge in [0.05, 0.1) is 0 Å². The van der Waals surface area contributed by atoms with Crippen molar-refractivity contribution in [2.75, 3.05) is 0 Å². The highest BCUT2D eigenvalue weighted by Gasteiger charge is 2.35. The van der Waals surface area contributed by atoms with E-state index in [1.54, 1.807) is 0 Å². The Labute approximate surface area is 72.4 Å². The number of alkyl halides is 3. The van der Waals surface area contributed by atoms with Crippen molar-refractivity contribution in [3.8, 4) is 0 Å². The van der Waals surface area contributed by atoms with Gasteiger partial charge in [0, 0.05) is 0 Å². The molecule has 0 aromatic carbocycles. The molecule has 0 radical (unpaired) electrons. The second-order valence-electron chi connectivity index (χ2n) is 1.32. The second kappa shape index (κ2) is 5.68. The minimum atomic E-state index is -4.11. The van der Waals surface area contributed by atoms with Crippen LogP contribution in [0.25, 0.3) is 0 Å². The molecule has 9 heteroatoms. The van der Waals surface area contributed by atoms with Crippen LogP contribution in [0.4, 0.5) is 26.3 Å². The fourth-order valence-electron chi connectivity index (χ4n) is 0. The zero-order valence-corrected chi connectivity index (χ0v) is 6.26. The van der Waals surface area contributed by atoms with Crippen molar-refractivity contribution in [3.05, 3.63) is 12.2 Å². The van der Waals surface area contributed by atoms with Crippen molar-refractivity contribution < 1.29 is 36.2 Å². The van der Waals surface area contributed by atoms with Gasteiger partial charge in [-0.15, -0.1) is 0 Å². The van der Waals surface area contributed by atoms with E-state index in [2.05, 4.69) is 11.6 Å². The highest BCUT2D eigenvalue weighted by atomic mass is 35.5. The summed E-state index contributed by atoms with van der Waals surface area (Å²) in [5, 5.41) is 3.26. The lowest BCUT2D eigenvalue weighted by molar-refractivity contribution is -0.153. The van der Waals surface area contributed by atoms with Gasteiger partial charge in [-0.25, -0.2) is 4.79 Å². The SMILES string of the molecule is FC(F)=C(F)F.O=C(O)C(F)(F)Cl. The zero-order chi connectivity index (χ0) is 11.2. The fourth-order valence-corrected chi connectivity index (χ4v) is 0. The van der Waals surface area contributed by atoms with Crippen molar-refractivity contribution in [2.45, 2.75) is 5.38 Å². The molecule has 0 amide bonds. The Kier molecular flexibility index (Phi) is 6.38. The molecule has 0 aliphatic rings. The van der Waals surface area contributed by atoms with Crippen LogP contribution in [0.15, 0.2) is 12.2 Å².